The number of nitrogens with one attached hydrogen (secondary N) is 2. The highest BCUT2D eigenvalue weighted by Crippen LogP contribution is 2.26. The molecule has 6 heteroatoms. The van der Waals surface area contributed by atoms with E-state index in [2.05, 4.69) is 10.6 Å². The van der Waals surface area contributed by atoms with Crippen molar-refractivity contribution in [2.24, 2.45) is 0 Å². The van der Waals surface area contributed by atoms with E-state index in [-0.39, 0.29) is 18.6 Å². The Morgan fingerprint density at radius 1 is 1.24 bits per heavy atom. The third kappa shape index (κ3) is 6.97. The number of carbonyl (C=O) groups is 1. The maximum Gasteiger partial charge on any atom is 0.234 e. The number of methoxy groups -OCH3 is 2. The van der Waals surface area contributed by atoms with Crippen LogP contribution in [0.15, 0.2) is 24.3 Å². The molecule has 0 fully saturated rings. The van der Waals surface area contributed by atoms with Crippen LogP contribution >= 0.6 is 0 Å². The molecule has 0 bridgehead atoms. The largest absolute Gasteiger partial charge is 0.493 e. The van der Waals surface area contributed by atoms with Crippen molar-refractivity contribution in [2.45, 2.75) is 13.0 Å². The van der Waals surface area contributed by atoms with E-state index in [1.54, 1.807) is 14.2 Å². The number of hydrogen-bond donors (Lipinski definition) is 2. The minimum atomic E-state index is -0.149. The zero-order valence-electron chi connectivity index (χ0n) is 12.8. The van der Waals surface area contributed by atoms with Crippen LogP contribution in [0, 0.1) is 0 Å². The molecule has 0 aliphatic carbocycles. The average Bonchev–Trinajstić information content (AvgIpc) is 2.50. The molecule has 1 amide bonds. The first-order chi connectivity index (χ1) is 10.2. The molecular weight excluding hydrogens is 272 g/mol. The molecule has 0 aromatic heterocycles. The van der Waals surface area contributed by atoms with Crippen molar-refractivity contribution in [3.05, 3.63) is 24.3 Å². The van der Waals surface area contributed by atoms with Crippen LogP contribution in [0.4, 0.5) is 0 Å². The second-order valence-electron chi connectivity index (χ2n) is 4.55. The molecule has 0 saturated heterocycles. The predicted octanol–water partition coefficient (Wildman–Crippen LogP) is 0.815. The summed E-state index contributed by atoms with van der Waals surface area (Å²) in [6, 6.07) is 7.43. The van der Waals surface area contributed by atoms with Gasteiger partial charge in [0.25, 0.3) is 0 Å². The molecular formula is C15H24N2O4. The van der Waals surface area contributed by atoms with Gasteiger partial charge in [-0.1, -0.05) is 12.1 Å². The highest BCUT2D eigenvalue weighted by molar-refractivity contribution is 5.77. The van der Waals surface area contributed by atoms with Gasteiger partial charge < -0.3 is 24.8 Å². The minimum absolute atomic E-state index is 0.0680. The van der Waals surface area contributed by atoms with Crippen LogP contribution in [0.3, 0.4) is 0 Å². The van der Waals surface area contributed by atoms with Gasteiger partial charge >= 0.3 is 0 Å². The van der Waals surface area contributed by atoms with E-state index in [1.165, 1.54) is 0 Å². The molecule has 0 aliphatic heterocycles. The summed E-state index contributed by atoms with van der Waals surface area (Å²) in [6.07, 6.45) is -0.149. The Kier molecular flexibility index (Phi) is 8.23. The van der Waals surface area contributed by atoms with Gasteiger partial charge in [-0.2, -0.15) is 0 Å². The lowest BCUT2D eigenvalue weighted by Crippen LogP contribution is -2.39. The van der Waals surface area contributed by atoms with Gasteiger partial charge in [0.1, 0.15) is 6.10 Å². The van der Waals surface area contributed by atoms with Crippen LogP contribution in [0.25, 0.3) is 0 Å². The molecule has 21 heavy (non-hydrogen) atoms. The molecule has 1 aromatic rings. The Balaban J connectivity index is 2.27. The van der Waals surface area contributed by atoms with Gasteiger partial charge in [0, 0.05) is 13.7 Å². The molecule has 2 N–H and O–H groups in total. The highest BCUT2D eigenvalue weighted by atomic mass is 16.5. The van der Waals surface area contributed by atoms with E-state index in [0.29, 0.717) is 31.2 Å². The van der Waals surface area contributed by atoms with Crippen LogP contribution in [0.2, 0.25) is 0 Å². The molecule has 0 radical (unpaired) electrons. The van der Waals surface area contributed by atoms with Gasteiger partial charge in [-0.15, -0.1) is 0 Å². The molecule has 6 nitrogen and oxygen atoms in total. The van der Waals surface area contributed by atoms with Crippen molar-refractivity contribution in [3.63, 3.8) is 0 Å². The third-order valence-corrected chi connectivity index (χ3v) is 2.75. The molecule has 1 atom stereocenters. The summed E-state index contributed by atoms with van der Waals surface area (Å²) in [5.41, 5.74) is 0. The smallest absolute Gasteiger partial charge is 0.234 e. The molecule has 1 rings (SSSR count). The maximum atomic E-state index is 11.6. The second kappa shape index (κ2) is 10.0. The summed E-state index contributed by atoms with van der Waals surface area (Å²) < 4.78 is 15.8. The zero-order chi connectivity index (χ0) is 15.5. The third-order valence-electron chi connectivity index (χ3n) is 2.75. The fourth-order valence-corrected chi connectivity index (χ4v) is 1.67. The number of carbonyl (C=O) groups excluding carboxylic acids is 1. The fourth-order valence-electron chi connectivity index (χ4n) is 1.67. The van der Waals surface area contributed by atoms with E-state index in [0.717, 1.165) is 0 Å². The summed E-state index contributed by atoms with van der Waals surface area (Å²) in [5, 5.41) is 5.79. The number of ether oxygens (including phenoxy) is 3. The monoisotopic (exact) mass is 296 g/mol. The second-order valence-corrected chi connectivity index (χ2v) is 4.55. The molecule has 0 saturated carbocycles. The van der Waals surface area contributed by atoms with Crippen molar-refractivity contribution in [1.29, 1.82) is 0 Å². The van der Waals surface area contributed by atoms with Crippen molar-refractivity contribution in [2.75, 3.05) is 40.5 Å². The Morgan fingerprint density at radius 2 is 1.95 bits per heavy atom. The van der Waals surface area contributed by atoms with E-state index < -0.39 is 0 Å². The van der Waals surface area contributed by atoms with E-state index in [1.807, 2.05) is 31.2 Å². The SMILES string of the molecule is COCCNCC(=O)NCC(C)Oc1ccccc1OC. The minimum Gasteiger partial charge on any atom is -0.493 e. The Morgan fingerprint density at radius 3 is 2.62 bits per heavy atom. The molecule has 118 valence electrons. The Bertz CT molecular complexity index is 426. The standard InChI is InChI=1S/C15H24N2O4/c1-12(10-17-15(18)11-16-8-9-19-2)21-14-7-5-4-6-13(14)20-3/h4-7,12,16H,8-11H2,1-3H3,(H,17,18). The van der Waals surface area contributed by atoms with E-state index in [9.17, 15) is 4.79 Å². The highest BCUT2D eigenvalue weighted by Gasteiger charge is 2.09. The van der Waals surface area contributed by atoms with Crippen molar-refractivity contribution in [1.82, 2.24) is 10.6 Å². The first-order valence-corrected chi connectivity index (χ1v) is 6.93. The molecule has 0 spiro atoms. The Hall–Kier alpha value is -1.79. The Labute approximate surface area is 125 Å². The van der Waals surface area contributed by atoms with Crippen LogP contribution in [-0.4, -0.2) is 52.5 Å². The summed E-state index contributed by atoms with van der Waals surface area (Å²) in [4.78, 5) is 11.6. The lowest BCUT2D eigenvalue weighted by atomic mass is 10.3. The van der Waals surface area contributed by atoms with Crippen LogP contribution in [0.1, 0.15) is 6.92 Å². The maximum absolute atomic E-state index is 11.6. The van der Waals surface area contributed by atoms with Gasteiger partial charge in [0.15, 0.2) is 11.5 Å². The number of para-hydroxylation sites is 2. The summed E-state index contributed by atoms with van der Waals surface area (Å²) in [6.45, 7) is 3.83. The lowest BCUT2D eigenvalue weighted by molar-refractivity contribution is -0.120. The van der Waals surface area contributed by atoms with Gasteiger partial charge in [0.05, 0.1) is 26.8 Å². The molecule has 1 unspecified atom stereocenters. The van der Waals surface area contributed by atoms with Crippen molar-refractivity contribution >= 4 is 5.91 Å². The van der Waals surface area contributed by atoms with Crippen molar-refractivity contribution < 1.29 is 19.0 Å². The number of amides is 1. The summed E-state index contributed by atoms with van der Waals surface area (Å²) in [7, 11) is 3.22. The van der Waals surface area contributed by atoms with Gasteiger partial charge in [0.2, 0.25) is 5.91 Å². The normalized spacial score (nSPS) is 11.8. The summed E-state index contributed by atoms with van der Waals surface area (Å²) in [5.74, 6) is 1.28. The topological polar surface area (TPSA) is 68.8 Å². The molecule has 0 heterocycles. The quantitative estimate of drug-likeness (QED) is 0.626. The van der Waals surface area contributed by atoms with Gasteiger partial charge in [-0.25, -0.2) is 0 Å². The van der Waals surface area contributed by atoms with Gasteiger partial charge in [-0.3, -0.25) is 4.79 Å². The average molecular weight is 296 g/mol. The fraction of sp³-hybridized carbons (Fsp3) is 0.533. The summed E-state index contributed by atoms with van der Waals surface area (Å²) >= 11 is 0. The van der Waals surface area contributed by atoms with Crippen LogP contribution < -0.4 is 20.1 Å². The first kappa shape index (κ1) is 17.3. The molecule has 0 aliphatic rings. The van der Waals surface area contributed by atoms with E-state index >= 15 is 0 Å². The first-order valence-electron chi connectivity index (χ1n) is 6.93. The number of benzene rings is 1. The predicted molar refractivity (Wildman–Crippen MR) is 80.8 cm³/mol. The van der Waals surface area contributed by atoms with E-state index in [4.69, 9.17) is 14.2 Å². The lowest BCUT2D eigenvalue weighted by Gasteiger charge is -2.17. The number of hydrogen-bond acceptors (Lipinski definition) is 5. The van der Waals surface area contributed by atoms with Crippen LogP contribution in [-0.2, 0) is 9.53 Å². The molecule has 1 aromatic carbocycles. The van der Waals surface area contributed by atoms with Gasteiger partial charge in [-0.05, 0) is 19.1 Å². The van der Waals surface area contributed by atoms with Crippen LogP contribution in [0.5, 0.6) is 11.5 Å². The van der Waals surface area contributed by atoms with Crippen molar-refractivity contribution in [3.8, 4) is 11.5 Å². The zero-order valence-corrected chi connectivity index (χ0v) is 12.8. The number of rotatable bonds is 10.